The Morgan fingerprint density at radius 2 is 1.90 bits per heavy atom. The first kappa shape index (κ1) is 15.5. The zero-order valence-electron chi connectivity index (χ0n) is 12.2. The van der Waals surface area contributed by atoms with Crippen LogP contribution in [0.4, 0.5) is 0 Å². The van der Waals surface area contributed by atoms with Crippen molar-refractivity contribution in [2.45, 2.75) is 44.0 Å². The Morgan fingerprint density at radius 1 is 1.25 bits per heavy atom. The Labute approximate surface area is 122 Å². The first-order valence-corrected chi connectivity index (χ1v) is 8.77. The number of nitrogens with zero attached hydrogens (tertiary/aromatic N) is 1. The molecule has 0 bridgehead atoms. The van der Waals surface area contributed by atoms with Crippen molar-refractivity contribution in [2.75, 3.05) is 13.1 Å². The predicted octanol–water partition coefficient (Wildman–Crippen LogP) is 2.00. The normalized spacial score (nSPS) is 24.8. The lowest BCUT2D eigenvalue weighted by atomic mass is 9.92. The standard InChI is InChI=1S/C15H24N2O2S/c1-3-12-5-7-14(8-6-12)20(18,19)17-10-9-15(16)13(4-2)11-17/h5-8,13,15H,3-4,9-11,16H2,1-2H3. The number of benzene rings is 1. The van der Waals surface area contributed by atoms with Crippen molar-refractivity contribution in [2.24, 2.45) is 11.7 Å². The summed E-state index contributed by atoms with van der Waals surface area (Å²) in [6.45, 7) is 5.18. The summed E-state index contributed by atoms with van der Waals surface area (Å²) in [6.07, 6.45) is 2.57. The highest BCUT2D eigenvalue weighted by Gasteiger charge is 2.33. The van der Waals surface area contributed by atoms with Gasteiger partial charge in [0.25, 0.3) is 0 Å². The van der Waals surface area contributed by atoms with Crippen LogP contribution in [0.3, 0.4) is 0 Å². The molecule has 1 aliphatic rings. The molecule has 2 N–H and O–H groups in total. The molecule has 0 amide bonds. The third-order valence-corrected chi connectivity index (χ3v) is 6.13. The molecule has 1 fully saturated rings. The molecule has 2 rings (SSSR count). The molecular formula is C15H24N2O2S. The summed E-state index contributed by atoms with van der Waals surface area (Å²) < 4.78 is 26.9. The maximum absolute atomic E-state index is 12.6. The van der Waals surface area contributed by atoms with E-state index in [1.54, 1.807) is 16.4 Å². The summed E-state index contributed by atoms with van der Waals surface area (Å²) >= 11 is 0. The summed E-state index contributed by atoms with van der Waals surface area (Å²) in [5, 5.41) is 0. The molecule has 1 aromatic carbocycles. The van der Waals surface area contributed by atoms with Crippen molar-refractivity contribution >= 4 is 10.0 Å². The first-order valence-electron chi connectivity index (χ1n) is 7.33. The lowest BCUT2D eigenvalue weighted by Gasteiger charge is -2.35. The quantitative estimate of drug-likeness (QED) is 0.924. The second-order valence-electron chi connectivity index (χ2n) is 5.48. The number of hydrogen-bond acceptors (Lipinski definition) is 3. The molecule has 20 heavy (non-hydrogen) atoms. The molecule has 4 nitrogen and oxygen atoms in total. The number of nitrogens with two attached hydrogens (primary N) is 1. The number of rotatable bonds is 4. The Balaban J connectivity index is 2.21. The third kappa shape index (κ3) is 3.05. The summed E-state index contributed by atoms with van der Waals surface area (Å²) in [7, 11) is -3.38. The fraction of sp³-hybridized carbons (Fsp3) is 0.600. The fourth-order valence-electron chi connectivity index (χ4n) is 2.71. The monoisotopic (exact) mass is 296 g/mol. The molecule has 0 radical (unpaired) electrons. The van der Waals surface area contributed by atoms with Crippen LogP contribution in [-0.2, 0) is 16.4 Å². The Kier molecular flexibility index (Phi) is 4.83. The van der Waals surface area contributed by atoms with E-state index in [9.17, 15) is 8.42 Å². The molecule has 1 aromatic rings. The van der Waals surface area contributed by atoms with Gasteiger partial charge in [-0.2, -0.15) is 4.31 Å². The van der Waals surface area contributed by atoms with Gasteiger partial charge < -0.3 is 5.73 Å². The van der Waals surface area contributed by atoms with Crippen LogP contribution in [-0.4, -0.2) is 31.9 Å². The molecule has 1 heterocycles. The van der Waals surface area contributed by atoms with Crippen molar-refractivity contribution in [3.8, 4) is 0 Å². The van der Waals surface area contributed by atoms with E-state index in [0.717, 1.165) is 24.8 Å². The van der Waals surface area contributed by atoms with Gasteiger partial charge in [0, 0.05) is 19.1 Å². The van der Waals surface area contributed by atoms with Crippen LogP contribution in [0.2, 0.25) is 0 Å². The van der Waals surface area contributed by atoms with Gasteiger partial charge in [-0.1, -0.05) is 32.4 Å². The first-order chi connectivity index (χ1) is 9.48. The molecule has 0 aliphatic carbocycles. The fourth-order valence-corrected chi connectivity index (χ4v) is 4.23. The van der Waals surface area contributed by atoms with E-state index in [-0.39, 0.29) is 12.0 Å². The highest BCUT2D eigenvalue weighted by Crippen LogP contribution is 2.25. The molecule has 1 saturated heterocycles. The SMILES string of the molecule is CCc1ccc(S(=O)(=O)N2CCC(N)C(CC)C2)cc1. The Hall–Kier alpha value is -0.910. The van der Waals surface area contributed by atoms with E-state index < -0.39 is 10.0 Å². The van der Waals surface area contributed by atoms with Crippen LogP contribution in [0.5, 0.6) is 0 Å². The van der Waals surface area contributed by atoms with Gasteiger partial charge >= 0.3 is 0 Å². The van der Waals surface area contributed by atoms with Crippen LogP contribution in [0.1, 0.15) is 32.3 Å². The van der Waals surface area contributed by atoms with Gasteiger partial charge in [-0.15, -0.1) is 0 Å². The van der Waals surface area contributed by atoms with Crippen molar-refractivity contribution in [1.82, 2.24) is 4.31 Å². The van der Waals surface area contributed by atoms with Crippen LogP contribution < -0.4 is 5.73 Å². The topological polar surface area (TPSA) is 63.4 Å². The van der Waals surface area contributed by atoms with Crippen LogP contribution >= 0.6 is 0 Å². The molecule has 5 heteroatoms. The van der Waals surface area contributed by atoms with Gasteiger partial charge in [0.15, 0.2) is 0 Å². The number of sulfonamides is 1. The Morgan fingerprint density at radius 3 is 2.45 bits per heavy atom. The third-order valence-electron chi connectivity index (χ3n) is 4.25. The lowest BCUT2D eigenvalue weighted by molar-refractivity contribution is 0.230. The van der Waals surface area contributed by atoms with Crippen molar-refractivity contribution < 1.29 is 8.42 Å². The molecule has 112 valence electrons. The lowest BCUT2D eigenvalue weighted by Crippen LogP contribution is -2.48. The van der Waals surface area contributed by atoms with Crippen LogP contribution in [0.25, 0.3) is 0 Å². The van der Waals surface area contributed by atoms with Gasteiger partial charge in [-0.3, -0.25) is 0 Å². The maximum atomic E-state index is 12.6. The van der Waals surface area contributed by atoms with Crippen molar-refractivity contribution in [3.63, 3.8) is 0 Å². The van der Waals surface area contributed by atoms with E-state index in [4.69, 9.17) is 5.73 Å². The zero-order chi connectivity index (χ0) is 14.8. The highest BCUT2D eigenvalue weighted by molar-refractivity contribution is 7.89. The van der Waals surface area contributed by atoms with Crippen LogP contribution in [0, 0.1) is 5.92 Å². The Bertz CT molecular complexity index is 539. The van der Waals surface area contributed by atoms with E-state index >= 15 is 0 Å². The van der Waals surface area contributed by atoms with E-state index in [1.807, 2.05) is 12.1 Å². The second-order valence-corrected chi connectivity index (χ2v) is 7.42. The van der Waals surface area contributed by atoms with Crippen molar-refractivity contribution in [3.05, 3.63) is 29.8 Å². The summed E-state index contributed by atoms with van der Waals surface area (Å²) in [5.41, 5.74) is 7.20. The molecule has 2 atom stereocenters. The predicted molar refractivity (Wildman–Crippen MR) is 81.0 cm³/mol. The average Bonchev–Trinajstić information content (AvgIpc) is 2.47. The van der Waals surface area contributed by atoms with E-state index in [0.29, 0.717) is 18.0 Å². The molecule has 1 aliphatic heterocycles. The zero-order valence-corrected chi connectivity index (χ0v) is 13.1. The summed E-state index contributed by atoms with van der Waals surface area (Å²) in [6, 6.07) is 7.32. The summed E-state index contributed by atoms with van der Waals surface area (Å²) in [5.74, 6) is 0.258. The summed E-state index contributed by atoms with van der Waals surface area (Å²) in [4.78, 5) is 0.389. The van der Waals surface area contributed by atoms with Gasteiger partial charge in [0.1, 0.15) is 0 Å². The minimum atomic E-state index is -3.38. The average molecular weight is 296 g/mol. The molecule has 0 saturated carbocycles. The van der Waals surface area contributed by atoms with Gasteiger partial charge in [-0.25, -0.2) is 8.42 Å². The van der Waals surface area contributed by atoms with E-state index in [1.165, 1.54) is 0 Å². The van der Waals surface area contributed by atoms with E-state index in [2.05, 4.69) is 13.8 Å². The second kappa shape index (κ2) is 6.24. The molecule has 0 spiro atoms. The number of aryl methyl sites for hydroxylation is 1. The number of hydrogen-bond donors (Lipinski definition) is 1. The van der Waals surface area contributed by atoms with Crippen LogP contribution in [0.15, 0.2) is 29.2 Å². The van der Waals surface area contributed by atoms with Crippen molar-refractivity contribution in [1.29, 1.82) is 0 Å². The largest absolute Gasteiger partial charge is 0.327 e. The number of piperidine rings is 1. The van der Waals surface area contributed by atoms with Gasteiger partial charge in [-0.05, 0) is 36.5 Å². The minimum absolute atomic E-state index is 0.119. The van der Waals surface area contributed by atoms with Gasteiger partial charge in [0.2, 0.25) is 10.0 Å². The molecule has 2 unspecified atom stereocenters. The van der Waals surface area contributed by atoms with Gasteiger partial charge in [0.05, 0.1) is 4.90 Å². The minimum Gasteiger partial charge on any atom is -0.327 e. The molecule has 0 aromatic heterocycles. The smallest absolute Gasteiger partial charge is 0.243 e. The highest BCUT2D eigenvalue weighted by atomic mass is 32.2. The molecular weight excluding hydrogens is 272 g/mol. The maximum Gasteiger partial charge on any atom is 0.243 e.